The highest BCUT2D eigenvalue weighted by molar-refractivity contribution is 7.16. The van der Waals surface area contributed by atoms with Crippen LogP contribution in [-0.2, 0) is 4.79 Å². The Morgan fingerprint density at radius 3 is 2.78 bits per heavy atom. The number of hydrogen-bond donors (Lipinski definition) is 1. The Morgan fingerprint density at radius 1 is 1.33 bits per heavy atom. The van der Waals surface area contributed by atoms with Gasteiger partial charge in [-0.25, -0.2) is 9.18 Å². The molecule has 0 unspecified atom stereocenters. The maximum Gasteiger partial charge on any atom is 0.328 e. The summed E-state index contributed by atoms with van der Waals surface area (Å²) in [6, 6.07) is 8.18. The molecule has 0 saturated heterocycles. The summed E-state index contributed by atoms with van der Waals surface area (Å²) in [6.07, 6.45) is 2.57. The first-order valence-electron chi connectivity index (χ1n) is 5.02. The highest BCUT2D eigenvalue weighted by atomic mass is 35.5. The lowest BCUT2D eigenvalue weighted by Crippen LogP contribution is -1.84. The van der Waals surface area contributed by atoms with Gasteiger partial charge >= 0.3 is 5.97 Å². The third kappa shape index (κ3) is 2.97. The number of benzene rings is 1. The highest BCUT2D eigenvalue weighted by Gasteiger charge is 2.05. The van der Waals surface area contributed by atoms with Crippen LogP contribution in [0.25, 0.3) is 16.5 Å². The minimum absolute atomic E-state index is 0.0845. The largest absolute Gasteiger partial charge is 0.478 e. The first-order valence-corrected chi connectivity index (χ1v) is 6.22. The zero-order valence-corrected chi connectivity index (χ0v) is 10.6. The maximum absolute atomic E-state index is 13.3. The van der Waals surface area contributed by atoms with Gasteiger partial charge in [0.05, 0.1) is 5.02 Å². The minimum atomic E-state index is -0.998. The quantitative estimate of drug-likeness (QED) is 0.852. The SMILES string of the molecule is O=C(O)C=Cc1ccc(-c2ccc(Cl)c(F)c2)s1. The Balaban J connectivity index is 2.29. The average Bonchev–Trinajstić information content (AvgIpc) is 2.79. The minimum Gasteiger partial charge on any atom is -0.478 e. The lowest BCUT2D eigenvalue weighted by Gasteiger charge is -1.98. The molecule has 0 aliphatic rings. The Kier molecular flexibility index (Phi) is 3.79. The fourth-order valence-electron chi connectivity index (χ4n) is 1.40. The van der Waals surface area contributed by atoms with E-state index in [0.29, 0.717) is 0 Å². The highest BCUT2D eigenvalue weighted by Crippen LogP contribution is 2.30. The first-order chi connectivity index (χ1) is 8.56. The van der Waals surface area contributed by atoms with Crippen LogP contribution in [0.3, 0.4) is 0 Å². The molecule has 2 aromatic rings. The number of halogens is 2. The van der Waals surface area contributed by atoms with E-state index in [-0.39, 0.29) is 5.02 Å². The van der Waals surface area contributed by atoms with Crippen molar-refractivity contribution in [1.29, 1.82) is 0 Å². The van der Waals surface area contributed by atoms with E-state index in [4.69, 9.17) is 16.7 Å². The molecular formula is C13H8ClFO2S. The number of carbonyl (C=O) groups is 1. The fourth-order valence-corrected chi connectivity index (χ4v) is 2.42. The topological polar surface area (TPSA) is 37.3 Å². The fraction of sp³-hybridized carbons (Fsp3) is 0. The second kappa shape index (κ2) is 5.33. The van der Waals surface area contributed by atoms with Gasteiger partial charge in [0.15, 0.2) is 0 Å². The van der Waals surface area contributed by atoms with E-state index >= 15 is 0 Å². The Morgan fingerprint density at radius 2 is 2.11 bits per heavy atom. The average molecular weight is 283 g/mol. The van der Waals surface area contributed by atoms with Gasteiger partial charge in [-0.15, -0.1) is 11.3 Å². The molecule has 2 rings (SSSR count). The predicted molar refractivity (Wildman–Crippen MR) is 71.4 cm³/mol. The molecule has 1 N–H and O–H groups in total. The summed E-state index contributed by atoms with van der Waals surface area (Å²) in [5.74, 6) is -1.47. The summed E-state index contributed by atoms with van der Waals surface area (Å²) in [5.41, 5.74) is 0.719. The van der Waals surface area contributed by atoms with Crippen LogP contribution in [0.5, 0.6) is 0 Å². The summed E-state index contributed by atoms with van der Waals surface area (Å²) in [6.45, 7) is 0. The number of thiophene rings is 1. The number of aliphatic carboxylic acids is 1. The monoisotopic (exact) mass is 282 g/mol. The lowest BCUT2D eigenvalue weighted by molar-refractivity contribution is -0.131. The summed E-state index contributed by atoms with van der Waals surface area (Å²) in [7, 11) is 0. The summed E-state index contributed by atoms with van der Waals surface area (Å²) < 4.78 is 13.3. The lowest BCUT2D eigenvalue weighted by atomic mass is 10.2. The van der Waals surface area contributed by atoms with Crippen LogP contribution in [0, 0.1) is 5.82 Å². The molecule has 0 spiro atoms. The van der Waals surface area contributed by atoms with Crippen molar-refractivity contribution in [2.24, 2.45) is 0 Å². The van der Waals surface area contributed by atoms with Gasteiger partial charge in [-0.1, -0.05) is 17.7 Å². The molecule has 2 nitrogen and oxygen atoms in total. The van der Waals surface area contributed by atoms with Crippen LogP contribution in [0.15, 0.2) is 36.4 Å². The molecule has 0 fully saturated rings. The molecule has 0 atom stereocenters. The molecule has 0 aliphatic heterocycles. The molecule has 5 heteroatoms. The normalized spacial score (nSPS) is 11.0. The molecule has 1 heterocycles. The van der Waals surface area contributed by atoms with E-state index < -0.39 is 11.8 Å². The van der Waals surface area contributed by atoms with Crippen LogP contribution in [0.2, 0.25) is 5.02 Å². The zero-order valence-electron chi connectivity index (χ0n) is 9.06. The van der Waals surface area contributed by atoms with Crippen molar-refractivity contribution in [2.45, 2.75) is 0 Å². The molecule has 0 amide bonds. The van der Waals surface area contributed by atoms with Gasteiger partial charge < -0.3 is 5.11 Å². The summed E-state index contributed by atoms with van der Waals surface area (Å²) in [5, 5.41) is 8.60. The van der Waals surface area contributed by atoms with Gasteiger partial charge in [0.25, 0.3) is 0 Å². The molecule has 0 bridgehead atoms. The molecule has 1 aromatic heterocycles. The van der Waals surface area contributed by atoms with Crippen molar-refractivity contribution in [3.63, 3.8) is 0 Å². The number of carboxylic acid groups (broad SMARTS) is 1. The Labute approximate surface area is 112 Å². The number of carboxylic acids is 1. The molecule has 0 aliphatic carbocycles. The standard InChI is InChI=1S/C13H8ClFO2S/c14-10-4-1-8(7-11(10)15)12-5-2-9(18-12)3-6-13(16)17/h1-7H,(H,16,17). The van der Waals surface area contributed by atoms with E-state index in [1.54, 1.807) is 12.1 Å². The Bertz CT molecular complexity index is 619. The van der Waals surface area contributed by atoms with Crippen molar-refractivity contribution in [1.82, 2.24) is 0 Å². The van der Waals surface area contributed by atoms with Gasteiger partial charge in [-0.05, 0) is 35.9 Å². The first kappa shape index (κ1) is 12.8. The van der Waals surface area contributed by atoms with Crippen molar-refractivity contribution in [3.05, 3.63) is 52.1 Å². The van der Waals surface area contributed by atoms with Crippen molar-refractivity contribution < 1.29 is 14.3 Å². The molecule has 92 valence electrons. The van der Waals surface area contributed by atoms with Gasteiger partial charge in [0.1, 0.15) is 5.82 Å². The molecule has 18 heavy (non-hydrogen) atoms. The smallest absolute Gasteiger partial charge is 0.328 e. The van der Waals surface area contributed by atoms with Crippen molar-refractivity contribution in [2.75, 3.05) is 0 Å². The maximum atomic E-state index is 13.3. The van der Waals surface area contributed by atoms with E-state index in [9.17, 15) is 9.18 Å². The number of rotatable bonds is 3. The van der Waals surface area contributed by atoms with Crippen LogP contribution in [0.4, 0.5) is 4.39 Å². The molecular weight excluding hydrogens is 275 g/mol. The third-order valence-corrected chi connectivity index (χ3v) is 3.63. The molecule has 0 radical (unpaired) electrons. The predicted octanol–water partition coefficient (Wildman–Crippen LogP) is 4.31. The van der Waals surface area contributed by atoms with Gasteiger partial charge in [-0.2, -0.15) is 0 Å². The second-order valence-corrected chi connectivity index (χ2v) is 5.03. The van der Waals surface area contributed by atoms with E-state index in [1.165, 1.54) is 29.5 Å². The van der Waals surface area contributed by atoms with E-state index in [0.717, 1.165) is 21.4 Å². The summed E-state index contributed by atoms with van der Waals surface area (Å²) in [4.78, 5) is 12.0. The van der Waals surface area contributed by atoms with Crippen LogP contribution < -0.4 is 0 Å². The van der Waals surface area contributed by atoms with Gasteiger partial charge in [-0.3, -0.25) is 0 Å². The summed E-state index contributed by atoms with van der Waals surface area (Å²) >= 11 is 6.99. The van der Waals surface area contributed by atoms with E-state index in [2.05, 4.69) is 0 Å². The van der Waals surface area contributed by atoms with Gasteiger partial charge in [0, 0.05) is 15.8 Å². The van der Waals surface area contributed by atoms with Crippen LogP contribution in [-0.4, -0.2) is 11.1 Å². The third-order valence-electron chi connectivity index (χ3n) is 2.22. The second-order valence-electron chi connectivity index (χ2n) is 3.50. The van der Waals surface area contributed by atoms with E-state index in [1.807, 2.05) is 6.07 Å². The van der Waals surface area contributed by atoms with Crippen molar-refractivity contribution in [3.8, 4) is 10.4 Å². The van der Waals surface area contributed by atoms with Crippen LogP contribution in [0.1, 0.15) is 4.88 Å². The van der Waals surface area contributed by atoms with Crippen molar-refractivity contribution >= 4 is 35.0 Å². The van der Waals surface area contributed by atoms with Gasteiger partial charge in [0.2, 0.25) is 0 Å². The Hall–Kier alpha value is -1.65. The molecule has 1 aromatic carbocycles. The van der Waals surface area contributed by atoms with Crippen LogP contribution >= 0.6 is 22.9 Å². The number of hydrogen-bond acceptors (Lipinski definition) is 2. The zero-order chi connectivity index (χ0) is 13.1. The molecule has 0 saturated carbocycles.